The van der Waals surface area contributed by atoms with Gasteiger partial charge in [0.25, 0.3) is 5.91 Å². The lowest BCUT2D eigenvalue weighted by molar-refractivity contribution is 0.102. The Hall–Kier alpha value is -3.77. The normalized spacial score (nSPS) is 10.5. The summed E-state index contributed by atoms with van der Waals surface area (Å²) in [6.07, 6.45) is 5.46. The molecule has 0 saturated heterocycles. The number of nitrogens with one attached hydrogen (secondary N) is 1. The van der Waals surface area contributed by atoms with Gasteiger partial charge in [0.1, 0.15) is 12.1 Å². The summed E-state index contributed by atoms with van der Waals surface area (Å²) in [5, 5.41) is 3.42. The van der Waals surface area contributed by atoms with Gasteiger partial charge in [-0.05, 0) is 54.6 Å². The topological polar surface area (TPSA) is 77.0 Å². The Kier molecular flexibility index (Phi) is 6.19. The zero-order valence-electron chi connectivity index (χ0n) is 16.7. The second kappa shape index (κ2) is 9.36. The van der Waals surface area contributed by atoms with E-state index < -0.39 is 0 Å². The lowest BCUT2D eigenvalue weighted by atomic mass is 10.0. The van der Waals surface area contributed by atoms with Crippen LogP contribution < -0.4 is 10.1 Å². The van der Waals surface area contributed by atoms with Crippen LogP contribution >= 0.6 is 11.6 Å². The summed E-state index contributed by atoms with van der Waals surface area (Å²) < 4.78 is 5.54. The van der Waals surface area contributed by atoms with E-state index in [-0.39, 0.29) is 5.91 Å². The van der Waals surface area contributed by atoms with Gasteiger partial charge in [0, 0.05) is 46.2 Å². The van der Waals surface area contributed by atoms with E-state index in [1.807, 2.05) is 30.3 Å². The van der Waals surface area contributed by atoms with Crippen molar-refractivity contribution in [2.24, 2.45) is 0 Å². The Morgan fingerprint density at radius 3 is 2.71 bits per heavy atom. The molecule has 0 bridgehead atoms. The van der Waals surface area contributed by atoms with E-state index >= 15 is 0 Å². The number of hydrogen-bond donors (Lipinski definition) is 1. The van der Waals surface area contributed by atoms with Gasteiger partial charge in [-0.1, -0.05) is 17.7 Å². The van der Waals surface area contributed by atoms with Crippen LogP contribution in [0.1, 0.15) is 21.6 Å². The Balaban J connectivity index is 1.63. The summed E-state index contributed by atoms with van der Waals surface area (Å²) >= 11 is 6.00. The molecule has 6 nitrogen and oxygen atoms in total. The number of rotatable bonds is 6. The number of carbonyl (C=O) groups is 1. The average Bonchev–Trinajstić information content (AvgIpc) is 2.80. The van der Waals surface area contributed by atoms with Gasteiger partial charge in [-0.15, -0.1) is 0 Å². The fourth-order valence-electron chi connectivity index (χ4n) is 3.27. The number of benzene rings is 2. The first-order chi connectivity index (χ1) is 15.1. The minimum absolute atomic E-state index is 0.238. The number of aromatic nitrogens is 3. The van der Waals surface area contributed by atoms with Crippen LogP contribution in [0.15, 0.2) is 79.4 Å². The number of methoxy groups -OCH3 is 1. The number of amides is 1. The van der Waals surface area contributed by atoms with Crippen LogP contribution in [-0.4, -0.2) is 28.0 Å². The van der Waals surface area contributed by atoms with Gasteiger partial charge in [0.15, 0.2) is 0 Å². The van der Waals surface area contributed by atoms with Crippen molar-refractivity contribution in [2.75, 3.05) is 12.4 Å². The summed E-state index contributed by atoms with van der Waals surface area (Å²) in [6.45, 7) is 0. The molecule has 4 rings (SSSR count). The molecule has 2 aromatic carbocycles. The van der Waals surface area contributed by atoms with Gasteiger partial charge in [-0.2, -0.15) is 0 Å². The van der Waals surface area contributed by atoms with Crippen LogP contribution in [0.3, 0.4) is 0 Å². The first-order valence-electron chi connectivity index (χ1n) is 9.58. The highest BCUT2D eigenvalue weighted by molar-refractivity contribution is 6.31. The van der Waals surface area contributed by atoms with Crippen LogP contribution in [0.25, 0.3) is 11.3 Å². The molecule has 2 aromatic heterocycles. The molecule has 0 aliphatic rings. The molecule has 0 radical (unpaired) electrons. The highest BCUT2D eigenvalue weighted by Crippen LogP contribution is 2.28. The molecule has 154 valence electrons. The molecule has 31 heavy (non-hydrogen) atoms. The number of ether oxygens (including phenoxy) is 1. The number of carbonyl (C=O) groups excluding carboxylic acids is 1. The van der Waals surface area contributed by atoms with Crippen molar-refractivity contribution in [1.82, 2.24) is 15.0 Å². The van der Waals surface area contributed by atoms with Gasteiger partial charge >= 0.3 is 0 Å². The molecular formula is C24H19ClN4O2. The largest absolute Gasteiger partial charge is 0.496 e. The van der Waals surface area contributed by atoms with Crippen molar-refractivity contribution in [1.29, 1.82) is 0 Å². The number of anilines is 1. The van der Waals surface area contributed by atoms with Gasteiger partial charge < -0.3 is 10.1 Å². The standard InChI is InChI=1S/C24H19ClN4O2/c1-31-23-8-7-19(29-24(30)16-4-2-5-18(25)12-16)13-17(23)14-22-20(6-3-10-27-22)21-9-11-26-15-28-21/h2-13,15H,14H2,1H3,(H,29,30). The Morgan fingerprint density at radius 1 is 1.03 bits per heavy atom. The molecule has 4 aromatic rings. The Morgan fingerprint density at radius 2 is 1.94 bits per heavy atom. The quantitative estimate of drug-likeness (QED) is 0.463. The summed E-state index contributed by atoms with van der Waals surface area (Å²) in [5.41, 5.74) is 4.59. The predicted octanol–water partition coefficient (Wildman–Crippen LogP) is 5.04. The molecule has 7 heteroatoms. The predicted molar refractivity (Wildman–Crippen MR) is 120 cm³/mol. The maximum atomic E-state index is 12.6. The van der Waals surface area contributed by atoms with Crippen molar-refractivity contribution in [2.45, 2.75) is 6.42 Å². The molecule has 0 aliphatic heterocycles. The molecular weight excluding hydrogens is 412 g/mol. The molecule has 0 saturated carbocycles. The second-order valence-electron chi connectivity index (χ2n) is 6.76. The van der Waals surface area contributed by atoms with E-state index in [1.54, 1.807) is 49.8 Å². The van der Waals surface area contributed by atoms with E-state index in [2.05, 4.69) is 20.3 Å². The summed E-state index contributed by atoms with van der Waals surface area (Å²) in [5.74, 6) is 0.471. The number of hydrogen-bond acceptors (Lipinski definition) is 5. The first-order valence-corrected chi connectivity index (χ1v) is 9.96. The minimum atomic E-state index is -0.238. The van der Waals surface area contributed by atoms with Crippen molar-refractivity contribution in [3.8, 4) is 17.0 Å². The summed E-state index contributed by atoms with van der Waals surface area (Å²) in [6, 6.07) is 18.0. The third-order valence-electron chi connectivity index (χ3n) is 4.73. The lowest BCUT2D eigenvalue weighted by Crippen LogP contribution is -2.12. The number of pyridine rings is 1. The van der Waals surface area contributed by atoms with E-state index in [4.69, 9.17) is 16.3 Å². The molecule has 0 unspecified atom stereocenters. The highest BCUT2D eigenvalue weighted by atomic mass is 35.5. The molecule has 0 spiro atoms. The monoisotopic (exact) mass is 430 g/mol. The van der Waals surface area contributed by atoms with Crippen LogP contribution in [0, 0.1) is 0 Å². The summed E-state index contributed by atoms with van der Waals surface area (Å²) in [7, 11) is 1.62. The minimum Gasteiger partial charge on any atom is -0.496 e. The second-order valence-corrected chi connectivity index (χ2v) is 7.20. The maximum Gasteiger partial charge on any atom is 0.255 e. The van der Waals surface area contributed by atoms with Crippen LogP contribution in [0.4, 0.5) is 5.69 Å². The smallest absolute Gasteiger partial charge is 0.255 e. The van der Waals surface area contributed by atoms with Gasteiger partial charge in [0.05, 0.1) is 18.5 Å². The number of halogens is 1. The Labute approximate surface area is 184 Å². The fraction of sp³-hybridized carbons (Fsp3) is 0.0833. The van der Waals surface area contributed by atoms with Crippen molar-refractivity contribution >= 4 is 23.2 Å². The summed E-state index contributed by atoms with van der Waals surface area (Å²) in [4.78, 5) is 25.5. The molecule has 0 aliphatic carbocycles. The fourth-order valence-corrected chi connectivity index (χ4v) is 3.46. The van der Waals surface area contributed by atoms with Crippen LogP contribution in [-0.2, 0) is 6.42 Å². The maximum absolute atomic E-state index is 12.6. The van der Waals surface area contributed by atoms with Gasteiger partial charge in [-0.25, -0.2) is 9.97 Å². The van der Waals surface area contributed by atoms with Crippen molar-refractivity contribution < 1.29 is 9.53 Å². The van der Waals surface area contributed by atoms with Crippen molar-refractivity contribution in [3.05, 3.63) is 101 Å². The highest BCUT2D eigenvalue weighted by Gasteiger charge is 2.13. The third-order valence-corrected chi connectivity index (χ3v) is 4.97. The third kappa shape index (κ3) is 4.87. The van der Waals surface area contributed by atoms with Gasteiger partial charge in [-0.3, -0.25) is 9.78 Å². The Bertz CT molecular complexity index is 1220. The van der Waals surface area contributed by atoms with Gasteiger partial charge in [0.2, 0.25) is 0 Å². The SMILES string of the molecule is COc1ccc(NC(=O)c2cccc(Cl)c2)cc1Cc1ncccc1-c1ccncn1. The number of nitrogens with zero attached hydrogens (tertiary/aromatic N) is 3. The zero-order chi connectivity index (χ0) is 21.6. The molecule has 2 heterocycles. The molecule has 0 fully saturated rings. The lowest BCUT2D eigenvalue weighted by Gasteiger charge is -2.13. The molecule has 1 amide bonds. The van der Waals surface area contributed by atoms with Crippen LogP contribution in [0.2, 0.25) is 5.02 Å². The van der Waals surface area contributed by atoms with Crippen molar-refractivity contribution in [3.63, 3.8) is 0 Å². The average molecular weight is 431 g/mol. The van der Waals surface area contributed by atoms with E-state index in [9.17, 15) is 4.79 Å². The zero-order valence-corrected chi connectivity index (χ0v) is 17.5. The van der Waals surface area contributed by atoms with Crippen LogP contribution in [0.5, 0.6) is 5.75 Å². The van der Waals surface area contributed by atoms with E-state index in [0.717, 1.165) is 22.5 Å². The van der Waals surface area contributed by atoms with E-state index in [0.29, 0.717) is 28.4 Å². The molecule has 1 N–H and O–H groups in total. The molecule has 0 atom stereocenters. The first kappa shape index (κ1) is 20.5. The van der Waals surface area contributed by atoms with E-state index in [1.165, 1.54) is 6.33 Å².